The van der Waals surface area contributed by atoms with Crippen molar-refractivity contribution in [3.05, 3.63) is 20.8 Å². The lowest BCUT2D eigenvalue weighted by Crippen LogP contribution is -2.23. The van der Waals surface area contributed by atoms with Crippen molar-refractivity contribution in [2.24, 2.45) is 17.8 Å². The Hall–Kier alpha value is -0.390. The fourth-order valence-electron chi connectivity index (χ4n) is 2.84. The standard InChI is InChI=1S/C13H17BrO3S/c1-2-7-5-8(9(6-7)13(16)17)12(15)10-3-4-11(14)18-10/h3-4,7-9,12,15H,2,5-6H2,1H3,(H,16,17). The smallest absolute Gasteiger partial charge is 0.306 e. The first-order chi connectivity index (χ1) is 8.52. The molecule has 4 unspecified atom stereocenters. The lowest BCUT2D eigenvalue weighted by Gasteiger charge is -2.21. The molecule has 0 amide bonds. The van der Waals surface area contributed by atoms with E-state index in [0.717, 1.165) is 21.5 Å². The van der Waals surface area contributed by atoms with Crippen molar-refractivity contribution < 1.29 is 15.0 Å². The Labute approximate surface area is 119 Å². The van der Waals surface area contributed by atoms with Gasteiger partial charge in [0.1, 0.15) is 0 Å². The number of aliphatic hydroxyl groups is 1. The molecule has 1 aromatic rings. The monoisotopic (exact) mass is 332 g/mol. The van der Waals surface area contributed by atoms with Gasteiger partial charge in [0, 0.05) is 10.8 Å². The first-order valence-corrected chi connectivity index (χ1v) is 7.80. The maximum Gasteiger partial charge on any atom is 0.306 e. The van der Waals surface area contributed by atoms with Gasteiger partial charge in [-0.3, -0.25) is 4.79 Å². The molecule has 2 rings (SSSR count). The topological polar surface area (TPSA) is 57.5 Å². The summed E-state index contributed by atoms with van der Waals surface area (Å²) < 4.78 is 0.966. The van der Waals surface area contributed by atoms with E-state index in [2.05, 4.69) is 22.9 Å². The number of halogens is 1. The SMILES string of the molecule is CCC1CC(C(=O)O)C(C(O)c2ccc(Br)s2)C1. The Morgan fingerprint density at radius 3 is 2.78 bits per heavy atom. The highest BCUT2D eigenvalue weighted by Gasteiger charge is 2.42. The molecular weight excluding hydrogens is 316 g/mol. The molecule has 4 atom stereocenters. The van der Waals surface area contributed by atoms with Crippen molar-refractivity contribution >= 4 is 33.2 Å². The van der Waals surface area contributed by atoms with Crippen LogP contribution in [0.1, 0.15) is 37.2 Å². The van der Waals surface area contributed by atoms with E-state index >= 15 is 0 Å². The van der Waals surface area contributed by atoms with Crippen LogP contribution in [0, 0.1) is 17.8 Å². The average Bonchev–Trinajstić information content (AvgIpc) is 2.93. The first kappa shape index (κ1) is 14.0. The van der Waals surface area contributed by atoms with Crippen LogP contribution in [0.5, 0.6) is 0 Å². The second-order valence-electron chi connectivity index (χ2n) is 4.94. The van der Waals surface area contributed by atoms with Crippen LogP contribution in [0.3, 0.4) is 0 Å². The van der Waals surface area contributed by atoms with Crippen LogP contribution in [-0.4, -0.2) is 16.2 Å². The summed E-state index contributed by atoms with van der Waals surface area (Å²) in [6, 6.07) is 3.77. The summed E-state index contributed by atoms with van der Waals surface area (Å²) in [6.45, 7) is 2.08. The Morgan fingerprint density at radius 1 is 1.56 bits per heavy atom. The van der Waals surface area contributed by atoms with Crippen molar-refractivity contribution in [3.63, 3.8) is 0 Å². The molecule has 1 aliphatic carbocycles. The second kappa shape index (κ2) is 5.72. The van der Waals surface area contributed by atoms with E-state index in [9.17, 15) is 15.0 Å². The number of carbonyl (C=O) groups is 1. The normalized spacial score (nSPS) is 29.4. The second-order valence-corrected chi connectivity index (χ2v) is 7.44. The number of aliphatic carboxylic acids is 1. The van der Waals surface area contributed by atoms with Gasteiger partial charge in [-0.15, -0.1) is 11.3 Å². The molecule has 0 aromatic carbocycles. The zero-order chi connectivity index (χ0) is 13.3. The van der Waals surface area contributed by atoms with Gasteiger partial charge >= 0.3 is 5.97 Å². The van der Waals surface area contributed by atoms with Gasteiger partial charge in [-0.05, 0) is 46.8 Å². The van der Waals surface area contributed by atoms with Gasteiger partial charge in [0.05, 0.1) is 15.8 Å². The summed E-state index contributed by atoms with van der Waals surface area (Å²) in [6.07, 6.45) is 1.84. The third-order valence-electron chi connectivity index (χ3n) is 3.90. The lowest BCUT2D eigenvalue weighted by molar-refractivity contribution is -0.144. The third kappa shape index (κ3) is 2.78. The summed E-state index contributed by atoms with van der Waals surface area (Å²) in [5.74, 6) is -0.913. The van der Waals surface area contributed by atoms with E-state index in [-0.39, 0.29) is 5.92 Å². The molecule has 1 saturated carbocycles. The minimum absolute atomic E-state index is 0.155. The summed E-state index contributed by atoms with van der Waals surface area (Å²) in [5.41, 5.74) is 0. The van der Waals surface area contributed by atoms with Crippen molar-refractivity contribution in [3.8, 4) is 0 Å². The molecule has 0 spiro atoms. The molecule has 1 fully saturated rings. The van der Waals surface area contributed by atoms with Gasteiger partial charge in [0.25, 0.3) is 0 Å². The van der Waals surface area contributed by atoms with Crippen molar-refractivity contribution in [2.75, 3.05) is 0 Å². The van der Waals surface area contributed by atoms with E-state index in [4.69, 9.17) is 0 Å². The molecule has 18 heavy (non-hydrogen) atoms. The molecular formula is C13H17BrO3S. The molecule has 0 aliphatic heterocycles. The van der Waals surface area contributed by atoms with Crippen molar-refractivity contribution in [1.82, 2.24) is 0 Å². The molecule has 100 valence electrons. The Balaban J connectivity index is 2.17. The fraction of sp³-hybridized carbons (Fsp3) is 0.615. The first-order valence-electron chi connectivity index (χ1n) is 6.19. The maximum atomic E-state index is 11.3. The minimum Gasteiger partial charge on any atom is -0.481 e. The highest BCUT2D eigenvalue weighted by molar-refractivity contribution is 9.11. The zero-order valence-corrected chi connectivity index (χ0v) is 12.6. The van der Waals surface area contributed by atoms with E-state index in [1.54, 1.807) is 0 Å². The molecule has 1 aliphatic rings. The predicted molar refractivity (Wildman–Crippen MR) is 74.6 cm³/mol. The number of carboxylic acids is 1. The van der Waals surface area contributed by atoms with Crippen LogP contribution < -0.4 is 0 Å². The molecule has 0 bridgehead atoms. The number of rotatable bonds is 4. The number of thiophene rings is 1. The van der Waals surface area contributed by atoms with Crippen LogP contribution in [0.4, 0.5) is 0 Å². The highest BCUT2D eigenvalue weighted by Crippen LogP contribution is 2.46. The lowest BCUT2D eigenvalue weighted by atomic mass is 9.90. The maximum absolute atomic E-state index is 11.3. The minimum atomic E-state index is -0.773. The summed E-state index contributed by atoms with van der Waals surface area (Å²) in [5, 5.41) is 19.7. The number of carboxylic acid groups (broad SMARTS) is 1. The van der Waals surface area contributed by atoms with Crippen LogP contribution in [0.2, 0.25) is 0 Å². The molecule has 0 saturated heterocycles. The summed E-state index contributed by atoms with van der Waals surface area (Å²) >= 11 is 4.85. The predicted octanol–water partition coefficient (Wildman–Crippen LogP) is 3.68. The Morgan fingerprint density at radius 2 is 2.28 bits per heavy atom. The van der Waals surface area contributed by atoms with Crippen LogP contribution in [-0.2, 0) is 4.79 Å². The molecule has 3 nitrogen and oxygen atoms in total. The summed E-state index contributed by atoms with van der Waals surface area (Å²) in [4.78, 5) is 12.2. The highest BCUT2D eigenvalue weighted by atomic mass is 79.9. The zero-order valence-electron chi connectivity index (χ0n) is 10.2. The summed E-state index contributed by atoms with van der Waals surface area (Å²) in [7, 11) is 0. The van der Waals surface area contributed by atoms with E-state index in [0.29, 0.717) is 12.3 Å². The number of hydrogen-bond donors (Lipinski definition) is 2. The average molecular weight is 333 g/mol. The van der Waals surface area contributed by atoms with Gasteiger partial charge in [0.15, 0.2) is 0 Å². The van der Waals surface area contributed by atoms with Gasteiger partial charge in [0.2, 0.25) is 0 Å². The van der Waals surface area contributed by atoms with Crippen molar-refractivity contribution in [1.29, 1.82) is 0 Å². The van der Waals surface area contributed by atoms with E-state index in [1.807, 2.05) is 12.1 Å². The molecule has 1 aromatic heterocycles. The van der Waals surface area contributed by atoms with Crippen LogP contribution >= 0.6 is 27.3 Å². The van der Waals surface area contributed by atoms with Crippen LogP contribution in [0.25, 0.3) is 0 Å². The van der Waals surface area contributed by atoms with Gasteiger partial charge in [-0.25, -0.2) is 0 Å². The fourth-order valence-corrected chi connectivity index (χ4v) is 4.33. The van der Waals surface area contributed by atoms with E-state index < -0.39 is 18.0 Å². The van der Waals surface area contributed by atoms with Crippen LogP contribution in [0.15, 0.2) is 15.9 Å². The third-order valence-corrected chi connectivity index (χ3v) is 5.59. The Bertz CT molecular complexity index is 432. The molecule has 2 N–H and O–H groups in total. The molecule has 1 heterocycles. The largest absolute Gasteiger partial charge is 0.481 e. The number of aliphatic hydroxyl groups excluding tert-OH is 1. The molecule has 0 radical (unpaired) electrons. The quantitative estimate of drug-likeness (QED) is 0.884. The van der Waals surface area contributed by atoms with Gasteiger partial charge in [-0.1, -0.05) is 13.3 Å². The number of hydrogen-bond acceptors (Lipinski definition) is 3. The van der Waals surface area contributed by atoms with E-state index in [1.165, 1.54) is 11.3 Å². The van der Waals surface area contributed by atoms with Gasteiger partial charge in [-0.2, -0.15) is 0 Å². The Kier molecular flexibility index (Phi) is 4.45. The van der Waals surface area contributed by atoms with Crippen molar-refractivity contribution in [2.45, 2.75) is 32.3 Å². The van der Waals surface area contributed by atoms with Gasteiger partial charge < -0.3 is 10.2 Å². The molecule has 5 heteroatoms.